The summed E-state index contributed by atoms with van der Waals surface area (Å²) in [5, 5.41) is 8.38. The number of hydrogen-bond donors (Lipinski definition) is 2. The molecule has 0 saturated carbocycles. The molecule has 0 atom stereocenters. The van der Waals surface area contributed by atoms with Crippen molar-refractivity contribution in [2.45, 2.75) is 0 Å². The quantitative estimate of drug-likeness (QED) is 0.282. The molecule has 0 aromatic heterocycles. The fourth-order valence-corrected chi connectivity index (χ4v) is 1.86. The first-order valence-electron chi connectivity index (χ1n) is 7.09. The maximum Gasteiger partial charge on any atom is 0.267 e. The maximum atomic E-state index is 12.8. The lowest BCUT2D eigenvalue weighted by Crippen LogP contribution is -2.14. The Morgan fingerprint density at radius 3 is 2.29 bits per heavy atom. The number of Topliss-reactive ketones (excluding diaryl/α,β-unsaturated/α-hetero) is 1. The molecule has 24 heavy (non-hydrogen) atoms. The van der Waals surface area contributed by atoms with Crippen LogP contribution in [-0.4, -0.2) is 29.7 Å². The van der Waals surface area contributed by atoms with Crippen LogP contribution in [0.15, 0.2) is 59.6 Å². The molecule has 0 saturated heterocycles. The maximum absolute atomic E-state index is 12.8. The van der Waals surface area contributed by atoms with Gasteiger partial charge in [-0.25, -0.2) is 9.87 Å². The standard InChI is InChI=1S/C18H15FN2O3/c19-16-8-3-14(4-9-16)11-20-12-17(22)15-6-1-13(2-7-15)5-10-18(23)21-24/h1-11,24H,12H2,(H,21,23)/b10-5+,20-11?. The van der Waals surface area contributed by atoms with Gasteiger partial charge in [-0.3, -0.25) is 19.8 Å². The molecule has 122 valence electrons. The van der Waals surface area contributed by atoms with Crippen LogP contribution in [0.4, 0.5) is 4.39 Å². The summed E-state index contributed by atoms with van der Waals surface area (Å²) in [6, 6.07) is 12.4. The van der Waals surface area contributed by atoms with E-state index in [1.807, 2.05) is 0 Å². The van der Waals surface area contributed by atoms with Crippen molar-refractivity contribution in [3.8, 4) is 0 Å². The van der Waals surface area contributed by atoms with E-state index in [0.717, 1.165) is 0 Å². The van der Waals surface area contributed by atoms with Crippen LogP contribution >= 0.6 is 0 Å². The van der Waals surface area contributed by atoms with Gasteiger partial charge in [0, 0.05) is 17.9 Å². The van der Waals surface area contributed by atoms with Gasteiger partial charge in [-0.2, -0.15) is 0 Å². The number of hydroxylamine groups is 1. The Bertz CT molecular complexity index is 766. The minimum absolute atomic E-state index is 0.0144. The zero-order chi connectivity index (χ0) is 17.4. The molecule has 2 aromatic carbocycles. The number of halogens is 1. The Kier molecular flexibility index (Phi) is 6.10. The Hall–Kier alpha value is -3.12. The number of carbonyl (C=O) groups excluding carboxylic acids is 2. The van der Waals surface area contributed by atoms with E-state index in [-0.39, 0.29) is 18.1 Å². The van der Waals surface area contributed by atoms with Crippen molar-refractivity contribution in [2.24, 2.45) is 4.99 Å². The second-order valence-corrected chi connectivity index (χ2v) is 4.88. The van der Waals surface area contributed by atoms with E-state index in [1.54, 1.807) is 36.4 Å². The summed E-state index contributed by atoms with van der Waals surface area (Å²) in [6.07, 6.45) is 4.19. The third kappa shape index (κ3) is 5.26. The van der Waals surface area contributed by atoms with Crippen molar-refractivity contribution >= 4 is 24.0 Å². The molecule has 0 heterocycles. The van der Waals surface area contributed by atoms with Crippen molar-refractivity contribution in [2.75, 3.05) is 6.54 Å². The van der Waals surface area contributed by atoms with E-state index in [9.17, 15) is 14.0 Å². The number of aliphatic imine (C=N–C) groups is 1. The predicted octanol–water partition coefficient (Wildman–Crippen LogP) is 2.65. The zero-order valence-corrected chi connectivity index (χ0v) is 12.6. The van der Waals surface area contributed by atoms with Gasteiger partial charge in [0.1, 0.15) is 12.4 Å². The van der Waals surface area contributed by atoms with Crippen LogP contribution in [0.25, 0.3) is 6.08 Å². The van der Waals surface area contributed by atoms with Gasteiger partial charge in [0.2, 0.25) is 0 Å². The lowest BCUT2D eigenvalue weighted by Gasteiger charge is -1.99. The molecule has 2 N–H and O–H groups in total. The monoisotopic (exact) mass is 326 g/mol. The molecule has 0 aliphatic carbocycles. The number of nitrogens with one attached hydrogen (secondary N) is 1. The summed E-state index contributed by atoms with van der Waals surface area (Å²) >= 11 is 0. The van der Waals surface area contributed by atoms with Gasteiger partial charge in [-0.05, 0) is 29.3 Å². The lowest BCUT2D eigenvalue weighted by atomic mass is 10.1. The van der Waals surface area contributed by atoms with Gasteiger partial charge < -0.3 is 0 Å². The van der Waals surface area contributed by atoms with Gasteiger partial charge in [0.25, 0.3) is 5.91 Å². The van der Waals surface area contributed by atoms with E-state index < -0.39 is 5.91 Å². The molecule has 5 nitrogen and oxygen atoms in total. The second-order valence-electron chi connectivity index (χ2n) is 4.88. The summed E-state index contributed by atoms with van der Waals surface area (Å²) in [7, 11) is 0. The van der Waals surface area contributed by atoms with E-state index in [0.29, 0.717) is 16.7 Å². The Morgan fingerprint density at radius 2 is 1.67 bits per heavy atom. The third-order valence-corrected chi connectivity index (χ3v) is 3.12. The first-order chi connectivity index (χ1) is 11.6. The summed E-state index contributed by atoms with van der Waals surface area (Å²) in [6.45, 7) is -0.0144. The number of amides is 1. The molecule has 0 aliphatic rings. The number of carbonyl (C=O) groups is 2. The van der Waals surface area contributed by atoms with Crippen LogP contribution in [0.1, 0.15) is 21.5 Å². The molecule has 0 unspecified atom stereocenters. The van der Waals surface area contributed by atoms with E-state index in [1.165, 1.54) is 36.0 Å². The highest BCUT2D eigenvalue weighted by atomic mass is 19.1. The molecular weight excluding hydrogens is 311 g/mol. The summed E-state index contributed by atoms with van der Waals surface area (Å²) in [4.78, 5) is 26.9. The highest BCUT2D eigenvalue weighted by molar-refractivity contribution is 5.99. The van der Waals surface area contributed by atoms with E-state index in [2.05, 4.69) is 4.99 Å². The minimum Gasteiger partial charge on any atom is -0.292 e. The molecule has 2 aromatic rings. The first kappa shape index (κ1) is 17.2. The first-order valence-corrected chi connectivity index (χ1v) is 7.09. The molecule has 0 bridgehead atoms. The largest absolute Gasteiger partial charge is 0.292 e. The summed E-state index contributed by atoms with van der Waals surface area (Å²) < 4.78 is 12.8. The van der Waals surface area contributed by atoms with Gasteiger partial charge in [-0.1, -0.05) is 36.4 Å². The molecule has 2 rings (SSSR count). The average Bonchev–Trinajstić information content (AvgIpc) is 2.61. The van der Waals surface area contributed by atoms with E-state index in [4.69, 9.17) is 5.21 Å². The van der Waals surface area contributed by atoms with Crippen LogP contribution in [0, 0.1) is 5.82 Å². The number of ketones is 1. The van der Waals surface area contributed by atoms with Crippen LogP contribution < -0.4 is 5.48 Å². The highest BCUT2D eigenvalue weighted by Crippen LogP contribution is 2.07. The van der Waals surface area contributed by atoms with Crippen molar-refractivity contribution in [1.29, 1.82) is 0 Å². The minimum atomic E-state index is -0.634. The molecule has 1 amide bonds. The lowest BCUT2D eigenvalue weighted by molar-refractivity contribution is -0.124. The van der Waals surface area contributed by atoms with Gasteiger partial charge in [-0.15, -0.1) is 0 Å². The Balaban J connectivity index is 1.93. The molecule has 0 radical (unpaired) electrons. The second kappa shape index (κ2) is 8.50. The molecule has 0 aliphatic heterocycles. The fraction of sp³-hybridized carbons (Fsp3) is 0.0556. The Labute approximate surface area is 138 Å². The van der Waals surface area contributed by atoms with Crippen LogP contribution in [0.5, 0.6) is 0 Å². The average molecular weight is 326 g/mol. The molecular formula is C18H15FN2O3. The SMILES string of the molecule is O=C(/C=C/c1ccc(C(=O)CN=Cc2ccc(F)cc2)cc1)NO. The Morgan fingerprint density at radius 1 is 1.04 bits per heavy atom. The van der Waals surface area contributed by atoms with Crippen LogP contribution in [-0.2, 0) is 4.79 Å². The fourth-order valence-electron chi connectivity index (χ4n) is 1.86. The topological polar surface area (TPSA) is 78.8 Å². The van der Waals surface area contributed by atoms with Crippen molar-refractivity contribution in [3.05, 3.63) is 77.1 Å². The van der Waals surface area contributed by atoms with Crippen LogP contribution in [0.2, 0.25) is 0 Å². The predicted molar refractivity (Wildman–Crippen MR) is 88.6 cm³/mol. The molecule has 0 spiro atoms. The van der Waals surface area contributed by atoms with E-state index >= 15 is 0 Å². The van der Waals surface area contributed by atoms with Crippen molar-refractivity contribution < 1.29 is 19.2 Å². The zero-order valence-electron chi connectivity index (χ0n) is 12.6. The smallest absolute Gasteiger partial charge is 0.267 e. The number of nitrogens with zero attached hydrogens (tertiary/aromatic N) is 1. The van der Waals surface area contributed by atoms with Gasteiger partial charge >= 0.3 is 0 Å². The summed E-state index contributed by atoms with van der Waals surface area (Å²) in [5.74, 6) is -1.11. The van der Waals surface area contributed by atoms with Gasteiger partial charge in [0.15, 0.2) is 5.78 Å². The molecule has 6 heteroatoms. The van der Waals surface area contributed by atoms with Crippen molar-refractivity contribution in [1.82, 2.24) is 5.48 Å². The normalized spacial score (nSPS) is 11.1. The molecule has 0 fully saturated rings. The van der Waals surface area contributed by atoms with Crippen LogP contribution in [0.3, 0.4) is 0 Å². The van der Waals surface area contributed by atoms with Gasteiger partial charge in [0.05, 0.1) is 0 Å². The van der Waals surface area contributed by atoms with Crippen molar-refractivity contribution in [3.63, 3.8) is 0 Å². The number of hydrogen-bond acceptors (Lipinski definition) is 4. The third-order valence-electron chi connectivity index (χ3n) is 3.12. The number of benzene rings is 2. The number of rotatable bonds is 6. The summed E-state index contributed by atoms with van der Waals surface area (Å²) in [5.41, 5.74) is 3.41. The highest BCUT2D eigenvalue weighted by Gasteiger charge is 2.04.